The Bertz CT molecular complexity index is 1530. The van der Waals surface area contributed by atoms with Gasteiger partial charge < -0.3 is 14.5 Å². The Balaban J connectivity index is 1.30. The van der Waals surface area contributed by atoms with Gasteiger partial charge in [-0.1, -0.05) is 30.3 Å². The lowest BCUT2D eigenvalue weighted by Crippen LogP contribution is -2.55. The molecule has 2 aliphatic heterocycles. The highest BCUT2D eigenvalue weighted by atomic mass is 32.2. The van der Waals surface area contributed by atoms with Crippen molar-refractivity contribution in [3.05, 3.63) is 54.2 Å². The number of nitrogens with one attached hydrogen (secondary N) is 1. The van der Waals surface area contributed by atoms with E-state index in [-0.39, 0.29) is 29.2 Å². The van der Waals surface area contributed by atoms with Crippen molar-refractivity contribution in [2.45, 2.75) is 75.2 Å². The molecule has 1 aliphatic carbocycles. The maximum Gasteiger partial charge on any atom is 0.410 e. The van der Waals surface area contributed by atoms with Crippen molar-refractivity contribution in [1.29, 1.82) is 0 Å². The average Bonchev–Trinajstić information content (AvgIpc) is 3.30. The Labute approximate surface area is 242 Å². The van der Waals surface area contributed by atoms with E-state index in [1.54, 1.807) is 11.0 Å². The summed E-state index contributed by atoms with van der Waals surface area (Å²) in [7, 11) is -1.60. The van der Waals surface area contributed by atoms with Crippen molar-refractivity contribution in [2.24, 2.45) is 0 Å². The Morgan fingerprint density at radius 1 is 1.10 bits per heavy atom. The van der Waals surface area contributed by atoms with Crippen LogP contribution in [0.1, 0.15) is 51.6 Å². The molecule has 0 spiro atoms. The minimum atomic E-state index is -3.73. The molecule has 11 heteroatoms. The molecule has 3 fully saturated rings. The SMILES string of the molecule is C[C@@H]1CN(c2cc(S(=O)(=O)NC3(C)CC3)cc3c2cnn3C2CCN(C(=O)OCc3ccccc3)C2)C[C@H](C)N1C. The Morgan fingerprint density at radius 3 is 2.49 bits per heavy atom. The van der Waals surface area contributed by atoms with Crippen molar-refractivity contribution < 1.29 is 17.9 Å². The number of sulfonamides is 1. The van der Waals surface area contributed by atoms with Crippen molar-refractivity contribution in [3.8, 4) is 0 Å². The van der Waals surface area contributed by atoms with Crippen LogP contribution in [0.2, 0.25) is 0 Å². The lowest BCUT2D eigenvalue weighted by atomic mass is 10.1. The molecule has 6 rings (SSSR count). The molecule has 2 saturated heterocycles. The summed E-state index contributed by atoms with van der Waals surface area (Å²) in [6, 6.07) is 13.8. The van der Waals surface area contributed by atoms with Gasteiger partial charge in [-0.2, -0.15) is 5.10 Å². The highest BCUT2D eigenvalue weighted by Crippen LogP contribution is 2.39. The van der Waals surface area contributed by atoms with Crippen LogP contribution >= 0.6 is 0 Å². The first-order chi connectivity index (χ1) is 19.5. The number of piperazine rings is 1. The average molecular weight is 581 g/mol. The number of amides is 1. The molecule has 1 saturated carbocycles. The Morgan fingerprint density at radius 2 is 1.80 bits per heavy atom. The van der Waals surface area contributed by atoms with Crippen LogP contribution in [0.5, 0.6) is 0 Å². The van der Waals surface area contributed by atoms with Gasteiger partial charge in [0, 0.05) is 54.9 Å². The van der Waals surface area contributed by atoms with E-state index in [1.165, 1.54) is 0 Å². The fourth-order valence-corrected chi connectivity index (χ4v) is 7.51. The molecule has 1 aromatic heterocycles. The molecule has 0 bridgehead atoms. The molecule has 41 heavy (non-hydrogen) atoms. The van der Waals surface area contributed by atoms with Gasteiger partial charge in [0.2, 0.25) is 10.0 Å². The monoisotopic (exact) mass is 580 g/mol. The number of aromatic nitrogens is 2. The summed E-state index contributed by atoms with van der Waals surface area (Å²) in [5.74, 6) is 0. The largest absolute Gasteiger partial charge is 0.445 e. The van der Waals surface area contributed by atoms with Gasteiger partial charge in [0.05, 0.1) is 22.7 Å². The van der Waals surface area contributed by atoms with Crippen molar-refractivity contribution in [3.63, 3.8) is 0 Å². The zero-order chi connectivity index (χ0) is 28.9. The highest BCUT2D eigenvalue weighted by molar-refractivity contribution is 7.89. The number of hydrogen-bond donors (Lipinski definition) is 1. The van der Waals surface area contributed by atoms with E-state index in [4.69, 9.17) is 9.84 Å². The number of fused-ring (bicyclic) bond motifs is 1. The minimum absolute atomic E-state index is 0.0816. The van der Waals surface area contributed by atoms with E-state index in [9.17, 15) is 13.2 Å². The van der Waals surface area contributed by atoms with Gasteiger partial charge in [0.1, 0.15) is 6.61 Å². The standard InChI is InChI=1S/C30H40N6O4S/c1-21-17-35(18-22(2)33(21)4)27-14-25(41(38,39)32-30(3)11-12-30)15-28-26(27)16-31-36(28)24-10-13-34(19-24)29(37)40-20-23-8-6-5-7-9-23/h5-9,14-16,21-22,24,32H,10-13,17-20H2,1-4H3/t21-,22+,24?. The van der Waals surface area contributed by atoms with Gasteiger partial charge in [0.15, 0.2) is 0 Å². The van der Waals surface area contributed by atoms with E-state index >= 15 is 0 Å². The number of carbonyl (C=O) groups excluding carboxylic acids is 1. The molecule has 1 N–H and O–H groups in total. The summed E-state index contributed by atoms with van der Waals surface area (Å²) in [6.07, 6.45) is 3.89. The molecule has 3 atom stereocenters. The lowest BCUT2D eigenvalue weighted by Gasteiger charge is -2.43. The predicted molar refractivity (Wildman–Crippen MR) is 158 cm³/mol. The molecule has 0 radical (unpaired) electrons. The van der Waals surface area contributed by atoms with Gasteiger partial charge in [-0.25, -0.2) is 17.9 Å². The number of hydrogen-bond acceptors (Lipinski definition) is 7. The Hall–Kier alpha value is -3.15. The first-order valence-electron chi connectivity index (χ1n) is 14.5. The van der Waals surface area contributed by atoms with Crippen LogP contribution in [0.4, 0.5) is 10.5 Å². The molecular formula is C30H40N6O4S. The maximum atomic E-state index is 13.6. The molecule has 3 aromatic rings. The number of carbonyl (C=O) groups is 1. The summed E-state index contributed by atoms with van der Waals surface area (Å²) < 4.78 is 37.6. The molecule has 3 aliphatic rings. The van der Waals surface area contributed by atoms with Crippen LogP contribution in [0.25, 0.3) is 10.9 Å². The molecule has 3 heterocycles. The Kier molecular flexibility index (Phi) is 7.24. The number of likely N-dealkylation sites (N-methyl/N-ethyl adjacent to an activating group) is 1. The van der Waals surface area contributed by atoms with Crippen LogP contribution in [-0.4, -0.2) is 84.9 Å². The number of ether oxygens (including phenoxy) is 1. The summed E-state index contributed by atoms with van der Waals surface area (Å²) in [4.78, 5) is 19.5. The van der Waals surface area contributed by atoms with Crippen molar-refractivity contribution in [2.75, 3.05) is 38.1 Å². The quantitative estimate of drug-likeness (QED) is 0.451. The van der Waals surface area contributed by atoms with Crippen molar-refractivity contribution >= 4 is 32.7 Å². The van der Waals surface area contributed by atoms with Crippen LogP contribution < -0.4 is 9.62 Å². The normalized spacial score (nSPS) is 24.6. The lowest BCUT2D eigenvalue weighted by molar-refractivity contribution is 0.103. The molecular weight excluding hydrogens is 540 g/mol. The summed E-state index contributed by atoms with van der Waals surface area (Å²) in [5, 5.41) is 5.70. The summed E-state index contributed by atoms with van der Waals surface area (Å²) in [5.41, 5.74) is 2.22. The van der Waals surface area contributed by atoms with Crippen LogP contribution in [0.3, 0.4) is 0 Å². The summed E-state index contributed by atoms with van der Waals surface area (Å²) in [6.45, 7) is 9.16. The number of rotatable bonds is 7. The van der Waals surface area contributed by atoms with Gasteiger partial charge in [-0.05, 0) is 64.8 Å². The van der Waals surface area contributed by atoms with E-state index in [0.29, 0.717) is 31.6 Å². The first kappa shape index (κ1) is 28.0. The molecule has 1 amide bonds. The predicted octanol–water partition coefficient (Wildman–Crippen LogP) is 3.98. The molecule has 10 nitrogen and oxygen atoms in total. The van der Waals surface area contributed by atoms with Crippen LogP contribution in [0.15, 0.2) is 53.6 Å². The number of anilines is 1. The molecule has 220 valence electrons. The topological polar surface area (TPSA) is 100 Å². The third kappa shape index (κ3) is 5.67. The van der Waals surface area contributed by atoms with E-state index < -0.39 is 10.0 Å². The second-order valence-corrected chi connectivity index (χ2v) is 14.0. The van der Waals surface area contributed by atoms with Crippen LogP contribution in [0, 0.1) is 0 Å². The fraction of sp³-hybridized carbons (Fsp3) is 0.533. The van der Waals surface area contributed by atoms with E-state index in [0.717, 1.165) is 48.1 Å². The zero-order valence-electron chi connectivity index (χ0n) is 24.3. The van der Waals surface area contributed by atoms with Gasteiger partial charge >= 0.3 is 6.09 Å². The van der Waals surface area contributed by atoms with Gasteiger partial charge in [-0.3, -0.25) is 9.58 Å². The second kappa shape index (κ2) is 10.6. The molecule has 1 unspecified atom stereocenters. The van der Waals surface area contributed by atoms with E-state index in [1.807, 2.05) is 54.2 Å². The molecule has 2 aromatic carbocycles. The minimum Gasteiger partial charge on any atom is -0.445 e. The van der Waals surface area contributed by atoms with Gasteiger partial charge in [-0.15, -0.1) is 0 Å². The zero-order valence-corrected chi connectivity index (χ0v) is 25.1. The second-order valence-electron chi connectivity index (χ2n) is 12.3. The smallest absolute Gasteiger partial charge is 0.410 e. The summed E-state index contributed by atoms with van der Waals surface area (Å²) >= 11 is 0. The van der Waals surface area contributed by atoms with Gasteiger partial charge in [0.25, 0.3) is 0 Å². The third-order valence-electron chi connectivity index (χ3n) is 9.03. The highest BCUT2D eigenvalue weighted by Gasteiger charge is 2.42. The number of likely N-dealkylation sites (tertiary alicyclic amines) is 1. The number of benzene rings is 2. The third-order valence-corrected chi connectivity index (χ3v) is 10.6. The van der Waals surface area contributed by atoms with E-state index in [2.05, 4.69) is 35.4 Å². The number of nitrogens with zero attached hydrogens (tertiary/aromatic N) is 5. The van der Waals surface area contributed by atoms with Crippen molar-refractivity contribution in [1.82, 2.24) is 24.3 Å². The first-order valence-corrected chi connectivity index (χ1v) is 16.0. The fourth-order valence-electron chi connectivity index (χ4n) is 6.00. The maximum absolute atomic E-state index is 13.6. The van der Waals surface area contributed by atoms with Crippen LogP contribution in [-0.2, 0) is 21.4 Å².